The van der Waals surface area contributed by atoms with Crippen molar-refractivity contribution >= 4 is 34.5 Å². The topological polar surface area (TPSA) is 63.4 Å². The van der Waals surface area contributed by atoms with E-state index in [0.717, 1.165) is 17.3 Å². The molecule has 1 aliphatic heterocycles. The van der Waals surface area contributed by atoms with Crippen LogP contribution < -0.4 is 5.73 Å². The lowest BCUT2D eigenvalue weighted by molar-refractivity contribution is -0.126. The van der Waals surface area contributed by atoms with E-state index < -0.39 is 0 Å². The van der Waals surface area contributed by atoms with Crippen LogP contribution in [0.1, 0.15) is 12.0 Å². The Hall–Kier alpha value is -1.04. The van der Waals surface area contributed by atoms with Crippen molar-refractivity contribution in [3.63, 3.8) is 0 Å². The number of imide groups is 1. The molecule has 1 aromatic carbocycles. The molecule has 0 bridgehead atoms. The van der Waals surface area contributed by atoms with E-state index in [2.05, 4.69) is 0 Å². The summed E-state index contributed by atoms with van der Waals surface area (Å²) >= 11 is 6.91. The number of nitrogens with two attached hydrogens (primary N) is 1. The number of halogens is 1. The van der Waals surface area contributed by atoms with Crippen molar-refractivity contribution in [3.8, 4) is 0 Å². The first-order valence-corrected chi connectivity index (χ1v) is 7.34. The van der Waals surface area contributed by atoms with Gasteiger partial charge in [-0.2, -0.15) is 0 Å². The molecule has 0 radical (unpaired) electrons. The number of rotatable bonds is 5. The third-order valence-electron chi connectivity index (χ3n) is 2.93. The summed E-state index contributed by atoms with van der Waals surface area (Å²) in [5, 5.41) is 0.165. The van der Waals surface area contributed by atoms with Crippen molar-refractivity contribution in [1.29, 1.82) is 0 Å². The van der Waals surface area contributed by atoms with E-state index in [4.69, 9.17) is 17.3 Å². The SMILES string of the molecule is NCCCN1C(=O)S[C@@H](Cc2ccc(Cl)cc2)C1=O. The van der Waals surface area contributed by atoms with Gasteiger partial charge in [0, 0.05) is 11.6 Å². The summed E-state index contributed by atoms with van der Waals surface area (Å²) in [6.07, 6.45) is 1.19. The number of carbonyl (C=O) groups is 2. The zero-order valence-corrected chi connectivity index (χ0v) is 11.9. The Labute approximate surface area is 121 Å². The van der Waals surface area contributed by atoms with E-state index in [0.29, 0.717) is 31.0 Å². The van der Waals surface area contributed by atoms with Crippen molar-refractivity contribution in [3.05, 3.63) is 34.9 Å². The molecular weight excluding hydrogens is 284 g/mol. The van der Waals surface area contributed by atoms with E-state index >= 15 is 0 Å². The maximum Gasteiger partial charge on any atom is 0.289 e. The van der Waals surface area contributed by atoms with Crippen LogP contribution in [0.15, 0.2) is 24.3 Å². The predicted molar refractivity (Wildman–Crippen MR) is 77.3 cm³/mol. The fourth-order valence-corrected chi connectivity index (χ4v) is 3.10. The Morgan fingerprint density at radius 1 is 1.26 bits per heavy atom. The fourth-order valence-electron chi connectivity index (χ4n) is 1.91. The average Bonchev–Trinajstić information content (AvgIpc) is 2.65. The van der Waals surface area contributed by atoms with Gasteiger partial charge in [-0.05, 0) is 37.1 Å². The molecule has 2 amide bonds. The minimum Gasteiger partial charge on any atom is -0.330 e. The molecule has 0 spiro atoms. The second-order valence-corrected chi connectivity index (χ2v) is 5.93. The van der Waals surface area contributed by atoms with Gasteiger partial charge < -0.3 is 5.73 Å². The molecule has 1 fully saturated rings. The van der Waals surface area contributed by atoms with Crippen molar-refractivity contribution in [2.75, 3.05) is 13.1 Å². The summed E-state index contributed by atoms with van der Waals surface area (Å²) in [6, 6.07) is 7.33. The number of amides is 2. The van der Waals surface area contributed by atoms with Gasteiger partial charge in [0.2, 0.25) is 5.91 Å². The Morgan fingerprint density at radius 3 is 2.58 bits per heavy atom. The first kappa shape index (κ1) is 14.4. The first-order chi connectivity index (χ1) is 9.11. The molecule has 19 heavy (non-hydrogen) atoms. The Kier molecular flexibility index (Phi) is 4.85. The molecule has 0 saturated carbocycles. The average molecular weight is 299 g/mol. The number of carbonyl (C=O) groups excluding carboxylic acids is 2. The largest absolute Gasteiger partial charge is 0.330 e. The maximum absolute atomic E-state index is 12.1. The Bertz CT molecular complexity index is 478. The summed E-state index contributed by atoms with van der Waals surface area (Å²) in [5.74, 6) is -0.113. The highest BCUT2D eigenvalue weighted by atomic mass is 35.5. The van der Waals surface area contributed by atoms with Crippen LogP contribution in [-0.2, 0) is 11.2 Å². The van der Waals surface area contributed by atoms with Gasteiger partial charge in [-0.3, -0.25) is 14.5 Å². The van der Waals surface area contributed by atoms with E-state index in [1.54, 1.807) is 12.1 Å². The molecule has 4 nitrogen and oxygen atoms in total. The number of hydrogen-bond donors (Lipinski definition) is 1. The van der Waals surface area contributed by atoms with Crippen molar-refractivity contribution < 1.29 is 9.59 Å². The van der Waals surface area contributed by atoms with Crippen LogP contribution in [0.5, 0.6) is 0 Å². The molecule has 2 N–H and O–H groups in total. The highest BCUT2D eigenvalue weighted by Gasteiger charge is 2.38. The van der Waals surface area contributed by atoms with Crippen molar-refractivity contribution in [1.82, 2.24) is 4.90 Å². The van der Waals surface area contributed by atoms with E-state index in [-0.39, 0.29) is 16.4 Å². The van der Waals surface area contributed by atoms with Crippen molar-refractivity contribution in [2.45, 2.75) is 18.1 Å². The van der Waals surface area contributed by atoms with E-state index in [9.17, 15) is 9.59 Å². The standard InChI is InChI=1S/C13H15ClN2O2S/c14-10-4-2-9(3-5-10)8-11-12(17)16(7-1-6-15)13(18)19-11/h2-5,11H,1,6-8,15H2/t11-/m0/s1. The van der Waals surface area contributed by atoms with Gasteiger partial charge in [0.05, 0.1) is 5.25 Å². The molecule has 0 aliphatic carbocycles. The molecule has 1 saturated heterocycles. The first-order valence-electron chi connectivity index (χ1n) is 6.08. The quantitative estimate of drug-likeness (QED) is 0.906. The number of nitrogens with zero attached hydrogens (tertiary/aromatic N) is 1. The Morgan fingerprint density at radius 2 is 1.95 bits per heavy atom. The Balaban J connectivity index is 2.00. The van der Waals surface area contributed by atoms with Gasteiger partial charge in [0.15, 0.2) is 0 Å². The zero-order valence-electron chi connectivity index (χ0n) is 10.3. The molecule has 6 heteroatoms. The van der Waals surface area contributed by atoms with Gasteiger partial charge in [0.1, 0.15) is 0 Å². The predicted octanol–water partition coefficient (Wildman–Crippen LogP) is 2.30. The molecular formula is C13H15ClN2O2S. The summed E-state index contributed by atoms with van der Waals surface area (Å²) in [6.45, 7) is 0.891. The summed E-state index contributed by atoms with van der Waals surface area (Å²) < 4.78 is 0. The zero-order chi connectivity index (χ0) is 13.8. The van der Waals surface area contributed by atoms with Crippen LogP contribution in [0.25, 0.3) is 0 Å². The summed E-state index contributed by atoms with van der Waals surface area (Å²) in [4.78, 5) is 25.2. The minimum absolute atomic E-state index is 0.113. The lowest BCUT2D eigenvalue weighted by Gasteiger charge is -2.12. The molecule has 2 rings (SSSR count). The summed E-state index contributed by atoms with van der Waals surface area (Å²) in [5.41, 5.74) is 6.40. The van der Waals surface area contributed by atoms with Gasteiger partial charge in [-0.15, -0.1) is 0 Å². The van der Waals surface area contributed by atoms with Crippen LogP contribution in [0, 0.1) is 0 Å². The molecule has 1 heterocycles. The highest BCUT2D eigenvalue weighted by molar-refractivity contribution is 8.15. The smallest absolute Gasteiger partial charge is 0.289 e. The number of hydrogen-bond acceptors (Lipinski definition) is 4. The normalized spacial score (nSPS) is 19.3. The summed E-state index contributed by atoms with van der Waals surface area (Å²) in [7, 11) is 0. The van der Waals surface area contributed by atoms with Crippen LogP contribution in [0.3, 0.4) is 0 Å². The minimum atomic E-state index is -0.327. The van der Waals surface area contributed by atoms with Crippen molar-refractivity contribution in [2.24, 2.45) is 5.73 Å². The lowest BCUT2D eigenvalue weighted by atomic mass is 10.1. The highest BCUT2D eigenvalue weighted by Crippen LogP contribution is 2.29. The number of benzene rings is 1. The van der Waals surface area contributed by atoms with Gasteiger partial charge in [0.25, 0.3) is 5.24 Å². The lowest BCUT2D eigenvalue weighted by Crippen LogP contribution is -2.33. The maximum atomic E-state index is 12.1. The van der Waals surface area contributed by atoms with Crippen LogP contribution in [0.4, 0.5) is 4.79 Å². The molecule has 1 aliphatic rings. The van der Waals surface area contributed by atoms with Crippen LogP contribution in [-0.4, -0.2) is 34.4 Å². The van der Waals surface area contributed by atoms with Crippen LogP contribution in [0.2, 0.25) is 5.02 Å². The molecule has 0 aromatic heterocycles. The fraction of sp³-hybridized carbons (Fsp3) is 0.385. The van der Waals surface area contributed by atoms with Gasteiger partial charge in [-0.25, -0.2) is 0 Å². The van der Waals surface area contributed by atoms with Gasteiger partial charge >= 0.3 is 0 Å². The van der Waals surface area contributed by atoms with Gasteiger partial charge in [-0.1, -0.05) is 35.5 Å². The third-order valence-corrected chi connectivity index (χ3v) is 4.25. The van der Waals surface area contributed by atoms with E-state index in [1.165, 1.54) is 4.90 Å². The molecule has 1 aromatic rings. The monoisotopic (exact) mass is 298 g/mol. The second-order valence-electron chi connectivity index (χ2n) is 4.34. The third kappa shape index (κ3) is 3.49. The number of thioether (sulfide) groups is 1. The molecule has 102 valence electrons. The molecule has 0 unspecified atom stereocenters. The van der Waals surface area contributed by atoms with Crippen LogP contribution >= 0.6 is 23.4 Å². The van der Waals surface area contributed by atoms with E-state index in [1.807, 2.05) is 12.1 Å². The molecule has 1 atom stereocenters. The second kappa shape index (κ2) is 6.41.